The van der Waals surface area contributed by atoms with Crippen LogP contribution in [-0.2, 0) is 4.74 Å². The van der Waals surface area contributed by atoms with Gasteiger partial charge < -0.3 is 9.47 Å². The highest BCUT2D eigenvalue weighted by molar-refractivity contribution is 6.01. The quantitative estimate of drug-likeness (QED) is 0.190. The van der Waals surface area contributed by atoms with Crippen molar-refractivity contribution in [2.75, 3.05) is 0 Å². The lowest BCUT2D eigenvalue weighted by atomic mass is 10.0. The van der Waals surface area contributed by atoms with Gasteiger partial charge in [-0.05, 0) is 36.8 Å². The van der Waals surface area contributed by atoms with Crippen LogP contribution in [0.25, 0.3) is 0 Å². The molecule has 3 rings (SSSR count). The number of hydrogen-bond acceptors (Lipinski definition) is 8. The Morgan fingerprint density at radius 1 is 0.879 bits per heavy atom. The molecule has 1 unspecified atom stereocenters. The number of non-ortho nitro benzene ring substituents is 1. The lowest BCUT2D eigenvalue weighted by Gasteiger charge is -2.15. The standard InChI is InChI=1S/C23H18N2O8/c1-2-20(22(26)15-6-4-3-5-7-15)33-23(27)16-8-11-18(12-9-16)32-21-13-10-17(24(28)29)14-19(21)25(30)31/h3-14,20H,2H2,1H3. The van der Waals surface area contributed by atoms with Gasteiger partial charge >= 0.3 is 11.7 Å². The lowest BCUT2D eigenvalue weighted by Crippen LogP contribution is -2.26. The zero-order chi connectivity index (χ0) is 24.0. The molecule has 168 valence electrons. The number of rotatable bonds is 9. The van der Waals surface area contributed by atoms with Gasteiger partial charge in [-0.1, -0.05) is 37.3 Å². The highest BCUT2D eigenvalue weighted by Gasteiger charge is 2.24. The van der Waals surface area contributed by atoms with E-state index in [9.17, 15) is 29.8 Å². The average molecular weight is 450 g/mol. The fourth-order valence-corrected chi connectivity index (χ4v) is 2.94. The van der Waals surface area contributed by atoms with Gasteiger partial charge in [0, 0.05) is 11.6 Å². The lowest BCUT2D eigenvalue weighted by molar-refractivity contribution is -0.394. The van der Waals surface area contributed by atoms with Crippen LogP contribution in [-0.4, -0.2) is 27.7 Å². The largest absolute Gasteiger partial charge is 0.450 e. The Bertz CT molecular complexity index is 1190. The van der Waals surface area contributed by atoms with E-state index in [1.165, 1.54) is 24.3 Å². The Morgan fingerprint density at radius 2 is 1.55 bits per heavy atom. The number of nitro groups is 2. The second kappa shape index (κ2) is 10.1. The highest BCUT2D eigenvalue weighted by Crippen LogP contribution is 2.34. The van der Waals surface area contributed by atoms with Crippen molar-refractivity contribution in [1.29, 1.82) is 0 Å². The van der Waals surface area contributed by atoms with E-state index in [1.54, 1.807) is 37.3 Å². The number of ketones is 1. The summed E-state index contributed by atoms with van der Waals surface area (Å²) in [7, 11) is 0. The average Bonchev–Trinajstić information content (AvgIpc) is 2.83. The number of esters is 1. The van der Waals surface area contributed by atoms with Crippen molar-refractivity contribution in [3.05, 3.63) is 104 Å². The van der Waals surface area contributed by atoms with Crippen LogP contribution in [0.4, 0.5) is 11.4 Å². The molecule has 0 heterocycles. The number of hydrogen-bond donors (Lipinski definition) is 0. The molecule has 10 heteroatoms. The summed E-state index contributed by atoms with van der Waals surface area (Å²) in [5.74, 6) is -1.05. The number of benzene rings is 3. The maximum absolute atomic E-state index is 12.6. The van der Waals surface area contributed by atoms with Crippen molar-refractivity contribution in [3.8, 4) is 11.5 Å². The molecule has 1 atom stereocenters. The summed E-state index contributed by atoms with van der Waals surface area (Å²) in [6, 6.07) is 17.1. The summed E-state index contributed by atoms with van der Waals surface area (Å²) in [5, 5.41) is 22.1. The molecule has 0 bridgehead atoms. The molecule has 33 heavy (non-hydrogen) atoms. The number of Topliss-reactive ketones (excluding diaryl/α,β-unsaturated/α-hetero) is 1. The minimum Gasteiger partial charge on any atom is -0.450 e. The second-order valence-corrected chi connectivity index (χ2v) is 6.83. The van der Waals surface area contributed by atoms with Crippen molar-refractivity contribution in [2.24, 2.45) is 0 Å². The van der Waals surface area contributed by atoms with Crippen LogP contribution in [0.3, 0.4) is 0 Å². The summed E-state index contributed by atoms with van der Waals surface area (Å²) in [4.78, 5) is 45.6. The minimum absolute atomic E-state index is 0.153. The van der Waals surface area contributed by atoms with Gasteiger partial charge in [0.25, 0.3) is 5.69 Å². The maximum Gasteiger partial charge on any atom is 0.338 e. The zero-order valence-corrected chi connectivity index (χ0v) is 17.4. The summed E-state index contributed by atoms with van der Waals surface area (Å²) < 4.78 is 10.8. The van der Waals surface area contributed by atoms with E-state index in [0.29, 0.717) is 12.0 Å². The fraction of sp³-hybridized carbons (Fsp3) is 0.130. The first-order chi connectivity index (χ1) is 15.8. The van der Waals surface area contributed by atoms with Crippen molar-refractivity contribution >= 4 is 23.1 Å². The van der Waals surface area contributed by atoms with Gasteiger partial charge in [-0.3, -0.25) is 25.0 Å². The molecule has 0 fully saturated rings. The Kier molecular flexibility index (Phi) is 7.09. The molecular formula is C23H18N2O8. The maximum atomic E-state index is 12.6. The molecule has 0 aliphatic heterocycles. The van der Waals surface area contributed by atoms with Gasteiger partial charge in [-0.25, -0.2) is 4.79 Å². The van der Waals surface area contributed by atoms with Gasteiger partial charge in [-0.15, -0.1) is 0 Å². The second-order valence-electron chi connectivity index (χ2n) is 6.83. The third kappa shape index (κ3) is 5.56. The molecule has 10 nitrogen and oxygen atoms in total. The first-order valence-electron chi connectivity index (χ1n) is 9.81. The fourth-order valence-electron chi connectivity index (χ4n) is 2.94. The number of nitro benzene ring substituents is 2. The van der Waals surface area contributed by atoms with E-state index < -0.39 is 33.3 Å². The molecule has 0 amide bonds. The van der Waals surface area contributed by atoms with Crippen LogP contribution in [0.5, 0.6) is 11.5 Å². The minimum atomic E-state index is -0.946. The molecular weight excluding hydrogens is 432 g/mol. The molecule has 0 saturated heterocycles. The number of carbonyl (C=O) groups is 2. The molecule has 3 aromatic rings. The van der Waals surface area contributed by atoms with Crippen molar-refractivity contribution in [2.45, 2.75) is 19.4 Å². The van der Waals surface area contributed by atoms with Crippen molar-refractivity contribution in [1.82, 2.24) is 0 Å². The SMILES string of the molecule is CCC(OC(=O)c1ccc(Oc2ccc([N+](=O)[O-])cc2[N+](=O)[O-])cc1)C(=O)c1ccccc1. The highest BCUT2D eigenvalue weighted by atomic mass is 16.6. The Hall–Kier alpha value is -4.60. The predicted octanol–water partition coefficient (Wildman–Crippen LogP) is 5.11. The van der Waals surface area contributed by atoms with Gasteiger partial charge in [0.05, 0.1) is 21.5 Å². The molecule has 0 N–H and O–H groups in total. The summed E-state index contributed by atoms with van der Waals surface area (Å²) >= 11 is 0. The third-order valence-electron chi connectivity index (χ3n) is 4.64. The Labute approximate surface area is 187 Å². The summed E-state index contributed by atoms with van der Waals surface area (Å²) in [6.07, 6.45) is -0.650. The number of nitrogens with zero attached hydrogens (tertiary/aromatic N) is 2. The molecule has 0 aliphatic rings. The van der Waals surface area contributed by atoms with E-state index in [2.05, 4.69) is 0 Å². The van der Waals surface area contributed by atoms with Crippen LogP contribution >= 0.6 is 0 Å². The Morgan fingerprint density at radius 3 is 2.12 bits per heavy atom. The summed E-state index contributed by atoms with van der Waals surface area (Å²) in [5.41, 5.74) is -0.425. The van der Waals surface area contributed by atoms with Crippen LogP contribution < -0.4 is 4.74 Å². The van der Waals surface area contributed by atoms with Crippen LogP contribution in [0.1, 0.15) is 34.1 Å². The van der Waals surface area contributed by atoms with E-state index >= 15 is 0 Å². The van der Waals surface area contributed by atoms with Crippen LogP contribution in [0, 0.1) is 20.2 Å². The molecule has 0 aliphatic carbocycles. The van der Waals surface area contributed by atoms with E-state index in [0.717, 1.165) is 18.2 Å². The predicted molar refractivity (Wildman–Crippen MR) is 117 cm³/mol. The molecule has 3 aromatic carbocycles. The number of carbonyl (C=O) groups excluding carboxylic acids is 2. The van der Waals surface area contributed by atoms with Gasteiger partial charge in [0.2, 0.25) is 11.5 Å². The van der Waals surface area contributed by atoms with E-state index in [1.807, 2.05) is 0 Å². The van der Waals surface area contributed by atoms with Crippen molar-refractivity contribution < 1.29 is 28.9 Å². The molecule has 0 saturated carbocycles. The normalized spacial score (nSPS) is 11.3. The van der Waals surface area contributed by atoms with Crippen molar-refractivity contribution in [3.63, 3.8) is 0 Å². The van der Waals surface area contributed by atoms with Gasteiger partial charge in [-0.2, -0.15) is 0 Å². The topological polar surface area (TPSA) is 139 Å². The van der Waals surface area contributed by atoms with E-state index in [-0.39, 0.29) is 22.8 Å². The first-order valence-corrected chi connectivity index (χ1v) is 9.81. The Balaban J connectivity index is 1.72. The zero-order valence-electron chi connectivity index (χ0n) is 17.4. The number of ether oxygens (including phenoxy) is 2. The molecule has 0 radical (unpaired) electrons. The molecule has 0 spiro atoms. The monoisotopic (exact) mass is 450 g/mol. The first kappa shape index (κ1) is 23.1. The van der Waals surface area contributed by atoms with E-state index in [4.69, 9.17) is 9.47 Å². The van der Waals surface area contributed by atoms with Gasteiger partial charge in [0.1, 0.15) is 5.75 Å². The molecule has 0 aromatic heterocycles. The third-order valence-corrected chi connectivity index (χ3v) is 4.64. The smallest absolute Gasteiger partial charge is 0.338 e. The van der Waals surface area contributed by atoms with Crippen LogP contribution in [0.15, 0.2) is 72.8 Å². The van der Waals surface area contributed by atoms with Crippen LogP contribution in [0.2, 0.25) is 0 Å². The summed E-state index contributed by atoms with van der Waals surface area (Å²) in [6.45, 7) is 1.73. The van der Waals surface area contributed by atoms with Gasteiger partial charge in [0.15, 0.2) is 6.10 Å².